The van der Waals surface area contributed by atoms with E-state index in [1.807, 2.05) is 30.6 Å². The number of imidazole rings is 1. The summed E-state index contributed by atoms with van der Waals surface area (Å²) in [4.78, 5) is 8.59. The fraction of sp³-hybridized carbons (Fsp3) is 0.250. The number of anilines is 2. The third kappa shape index (κ3) is 3.03. The second-order valence-electron chi connectivity index (χ2n) is 4.82. The van der Waals surface area contributed by atoms with Gasteiger partial charge in [-0.2, -0.15) is 0 Å². The minimum atomic E-state index is 0.746. The lowest BCUT2D eigenvalue weighted by Gasteiger charge is -2.11. The summed E-state index contributed by atoms with van der Waals surface area (Å²) >= 11 is 0. The number of methoxy groups -OCH3 is 1. The van der Waals surface area contributed by atoms with Gasteiger partial charge in [-0.3, -0.25) is 4.98 Å². The van der Waals surface area contributed by atoms with E-state index >= 15 is 0 Å². The molecule has 2 heterocycles. The van der Waals surface area contributed by atoms with Crippen LogP contribution in [-0.4, -0.2) is 28.3 Å². The summed E-state index contributed by atoms with van der Waals surface area (Å²) in [5.41, 5.74) is 1.01. The lowest BCUT2D eigenvalue weighted by atomic mass is 10.1. The molecule has 0 radical (unpaired) electrons. The van der Waals surface area contributed by atoms with E-state index in [1.54, 1.807) is 19.5 Å². The van der Waals surface area contributed by atoms with Crippen molar-refractivity contribution in [2.45, 2.75) is 13.0 Å². The van der Waals surface area contributed by atoms with Crippen LogP contribution in [0, 0.1) is 0 Å². The van der Waals surface area contributed by atoms with Crippen LogP contribution in [0.2, 0.25) is 0 Å². The van der Waals surface area contributed by atoms with E-state index in [4.69, 9.17) is 4.74 Å². The zero-order valence-corrected chi connectivity index (χ0v) is 12.0. The Bertz CT molecular complexity index is 718. The van der Waals surface area contributed by atoms with E-state index in [0.717, 1.165) is 42.0 Å². The number of aryl methyl sites for hydroxylation is 1. The molecule has 0 aliphatic heterocycles. The van der Waals surface area contributed by atoms with E-state index in [1.165, 1.54) is 0 Å². The molecule has 2 aromatic heterocycles. The third-order valence-corrected chi connectivity index (χ3v) is 3.39. The number of nitrogens with zero attached hydrogens (tertiary/aromatic N) is 3. The second-order valence-corrected chi connectivity index (χ2v) is 4.82. The number of pyridine rings is 1. The smallest absolute Gasteiger partial charge is 0.207 e. The fourth-order valence-electron chi connectivity index (χ4n) is 2.34. The number of hydrogen-bond acceptors (Lipinski definition) is 4. The van der Waals surface area contributed by atoms with Crippen molar-refractivity contribution in [3.63, 3.8) is 0 Å². The SMILES string of the molecule is COCCCn1ccnc1Nc1cccc2ccncc12. The first-order valence-electron chi connectivity index (χ1n) is 6.98. The first kappa shape index (κ1) is 13.6. The molecule has 0 fully saturated rings. The molecule has 3 aromatic rings. The van der Waals surface area contributed by atoms with Crippen molar-refractivity contribution in [3.8, 4) is 0 Å². The molecule has 21 heavy (non-hydrogen) atoms. The molecule has 5 heteroatoms. The molecule has 108 valence electrons. The fourth-order valence-corrected chi connectivity index (χ4v) is 2.34. The molecule has 0 unspecified atom stereocenters. The number of rotatable bonds is 6. The predicted octanol–water partition coefficient (Wildman–Crippen LogP) is 3.21. The van der Waals surface area contributed by atoms with Gasteiger partial charge in [0.25, 0.3) is 0 Å². The molecule has 0 spiro atoms. The van der Waals surface area contributed by atoms with Gasteiger partial charge in [0.2, 0.25) is 5.95 Å². The summed E-state index contributed by atoms with van der Waals surface area (Å²) in [6.45, 7) is 1.62. The van der Waals surface area contributed by atoms with Gasteiger partial charge in [-0.15, -0.1) is 0 Å². The number of benzene rings is 1. The number of hydrogen-bond donors (Lipinski definition) is 1. The van der Waals surface area contributed by atoms with E-state index in [2.05, 4.69) is 25.9 Å². The van der Waals surface area contributed by atoms with Crippen molar-refractivity contribution in [2.75, 3.05) is 19.0 Å². The quantitative estimate of drug-likeness (QED) is 0.705. The predicted molar refractivity (Wildman–Crippen MR) is 83.7 cm³/mol. The van der Waals surface area contributed by atoms with Crippen molar-refractivity contribution in [1.82, 2.24) is 14.5 Å². The molecule has 1 N–H and O–H groups in total. The Balaban J connectivity index is 1.84. The molecule has 0 amide bonds. The lowest BCUT2D eigenvalue weighted by molar-refractivity contribution is 0.190. The van der Waals surface area contributed by atoms with Crippen molar-refractivity contribution in [3.05, 3.63) is 49.1 Å². The molecular weight excluding hydrogens is 264 g/mol. The molecule has 0 saturated carbocycles. The average Bonchev–Trinajstić information content (AvgIpc) is 2.95. The number of nitrogens with one attached hydrogen (secondary N) is 1. The Hall–Kier alpha value is -2.40. The van der Waals surface area contributed by atoms with E-state index < -0.39 is 0 Å². The Morgan fingerprint density at radius 1 is 1.24 bits per heavy atom. The monoisotopic (exact) mass is 282 g/mol. The summed E-state index contributed by atoms with van der Waals surface area (Å²) in [6.07, 6.45) is 8.41. The van der Waals surface area contributed by atoms with Crippen LogP contribution in [-0.2, 0) is 11.3 Å². The maximum Gasteiger partial charge on any atom is 0.207 e. The van der Waals surface area contributed by atoms with Gasteiger partial charge in [0, 0.05) is 50.4 Å². The normalized spacial score (nSPS) is 10.9. The van der Waals surface area contributed by atoms with E-state index in [9.17, 15) is 0 Å². The third-order valence-electron chi connectivity index (χ3n) is 3.39. The largest absolute Gasteiger partial charge is 0.385 e. The molecule has 1 aromatic carbocycles. The van der Waals surface area contributed by atoms with Gasteiger partial charge in [-0.1, -0.05) is 12.1 Å². The number of aromatic nitrogens is 3. The minimum Gasteiger partial charge on any atom is -0.385 e. The van der Waals surface area contributed by atoms with Crippen LogP contribution in [0.25, 0.3) is 10.8 Å². The van der Waals surface area contributed by atoms with E-state index in [0.29, 0.717) is 0 Å². The summed E-state index contributed by atoms with van der Waals surface area (Å²) < 4.78 is 7.19. The van der Waals surface area contributed by atoms with Gasteiger partial charge in [0.15, 0.2) is 0 Å². The summed E-state index contributed by atoms with van der Waals surface area (Å²) in [5, 5.41) is 5.64. The van der Waals surface area contributed by atoms with Gasteiger partial charge in [0.1, 0.15) is 0 Å². The molecule has 0 aliphatic rings. The van der Waals surface area contributed by atoms with Gasteiger partial charge in [0.05, 0.1) is 5.69 Å². The van der Waals surface area contributed by atoms with Gasteiger partial charge in [-0.05, 0) is 23.9 Å². The van der Waals surface area contributed by atoms with Gasteiger partial charge >= 0.3 is 0 Å². The maximum absolute atomic E-state index is 5.09. The molecule has 5 nitrogen and oxygen atoms in total. The Morgan fingerprint density at radius 2 is 2.19 bits per heavy atom. The summed E-state index contributed by atoms with van der Waals surface area (Å²) in [5.74, 6) is 0.836. The molecule has 0 atom stereocenters. The highest BCUT2D eigenvalue weighted by atomic mass is 16.5. The van der Waals surface area contributed by atoms with E-state index in [-0.39, 0.29) is 0 Å². The second kappa shape index (κ2) is 6.37. The van der Waals surface area contributed by atoms with Crippen molar-refractivity contribution < 1.29 is 4.74 Å². The first-order chi connectivity index (χ1) is 10.4. The molecular formula is C16H18N4O. The Morgan fingerprint density at radius 3 is 3.10 bits per heavy atom. The topological polar surface area (TPSA) is 52.0 Å². The van der Waals surface area contributed by atoms with Crippen LogP contribution in [0.15, 0.2) is 49.1 Å². The van der Waals surface area contributed by atoms with Gasteiger partial charge in [-0.25, -0.2) is 4.98 Å². The average molecular weight is 282 g/mol. The van der Waals surface area contributed by atoms with Crippen LogP contribution < -0.4 is 5.32 Å². The highest BCUT2D eigenvalue weighted by Gasteiger charge is 2.06. The zero-order chi connectivity index (χ0) is 14.5. The molecule has 0 bridgehead atoms. The van der Waals surface area contributed by atoms with Gasteiger partial charge < -0.3 is 14.6 Å². The van der Waals surface area contributed by atoms with Crippen LogP contribution >= 0.6 is 0 Å². The summed E-state index contributed by atoms with van der Waals surface area (Å²) in [7, 11) is 1.72. The Labute approximate surface area is 123 Å². The van der Waals surface area contributed by atoms with Crippen molar-refractivity contribution in [1.29, 1.82) is 0 Å². The van der Waals surface area contributed by atoms with Crippen LogP contribution in [0.3, 0.4) is 0 Å². The highest BCUT2D eigenvalue weighted by Crippen LogP contribution is 2.24. The maximum atomic E-state index is 5.09. The zero-order valence-electron chi connectivity index (χ0n) is 12.0. The molecule has 0 aliphatic carbocycles. The van der Waals surface area contributed by atoms with Crippen LogP contribution in [0.5, 0.6) is 0 Å². The Kier molecular flexibility index (Phi) is 4.12. The number of ether oxygens (including phenoxy) is 1. The van der Waals surface area contributed by atoms with Crippen LogP contribution in [0.4, 0.5) is 11.6 Å². The molecule has 3 rings (SSSR count). The van der Waals surface area contributed by atoms with Crippen LogP contribution in [0.1, 0.15) is 6.42 Å². The molecule has 0 saturated heterocycles. The first-order valence-corrected chi connectivity index (χ1v) is 6.98. The van der Waals surface area contributed by atoms with Crippen molar-refractivity contribution in [2.24, 2.45) is 0 Å². The number of fused-ring (bicyclic) bond motifs is 1. The minimum absolute atomic E-state index is 0.746. The lowest BCUT2D eigenvalue weighted by Crippen LogP contribution is -2.05. The highest BCUT2D eigenvalue weighted by molar-refractivity contribution is 5.94. The standard InChI is InChI=1S/C16H18N4O/c1-21-11-3-9-20-10-8-18-16(20)19-15-5-2-4-13-6-7-17-12-14(13)15/h2,4-8,10,12H,3,9,11H2,1H3,(H,18,19). The summed E-state index contributed by atoms with van der Waals surface area (Å²) in [6, 6.07) is 8.15. The van der Waals surface area contributed by atoms with Crippen molar-refractivity contribution >= 4 is 22.4 Å².